The van der Waals surface area contributed by atoms with Gasteiger partial charge in [0.1, 0.15) is 0 Å². The highest BCUT2D eigenvalue weighted by Crippen LogP contribution is 2.29. The third kappa shape index (κ3) is 6.01. The number of carbonyl (C=O) groups is 2. The fraction of sp³-hybridized carbons (Fsp3) is 0.556. The zero-order valence-corrected chi connectivity index (χ0v) is 14.8. The van der Waals surface area contributed by atoms with Crippen molar-refractivity contribution in [3.63, 3.8) is 0 Å². The van der Waals surface area contributed by atoms with Gasteiger partial charge < -0.3 is 10.2 Å². The van der Waals surface area contributed by atoms with Crippen LogP contribution in [-0.2, 0) is 22.2 Å². The summed E-state index contributed by atoms with van der Waals surface area (Å²) in [6, 6.07) is 4.68. The predicted molar refractivity (Wildman–Crippen MR) is 91.5 cm³/mol. The van der Waals surface area contributed by atoms with Crippen LogP contribution >= 0.6 is 0 Å². The smallest absolute Gasteiger partial charge is 0.355 e. The van der Waals surface area contributed by atoms with E-state index in [-0.39, 0.29) is 18.2 Å². The van der Waals surface area contributed by atoms with Gasteiger partial charge in [-0.2, -0.15) is 13.2 Å². The average molecular weight is 371 g/mol. The number of piperazine rings is 1. The molecule has 1 aromatic rings. The molecular weight excluding hydrogens is 347 g/mol. The lowest BCUT2D eigenvalue weighted by molar-refractivity contribution is -0.137. The number of halogens is 3. The minimum absolute atomic E-state index is 0.0172. The standard InChI is InChI=1S/C18H24F3N3O2/c1-2-7-22-16(25)13-23-8-10-24(11-9-23)17(26)12-14-3-5-15(6-4-14)18(19,20)21/h3-6H,2,7-13H2,1H3,(H,22,25). The van der Waals surface area contributed by atoms with Gasteiger partial charge in [0.2, 0.25) is 11.8 Å². The van der Waals surface area contributed by atoms with Crippen molar-refractivity contribution < 1.29 is 22.8 Å². The summed E-state index contributed by atoms with van der Waals surface area (Å²) in [4.78, 5) is 27.7. The first-order chi connectivity index (χ1) is 12.3. The predicted octanol–water partition coefficient (Wildman–Crippen LogP) is 1.92. The number of amides is 2. The lowest BCUT2D eigenvalue weighted by Crippen LogP contribution is -2.51. The van der Waals surface area contributed by atoms with Crippen LogP contribution in [0.25, 0.3) is 0 Å². The van der Waals surface area contributed by atoms with Crippen LogP contribution in [0.2, 0.25) is 0 Å². The third-order valence-corrected chi connectivity index (χ3v) is 4.30. The van der Waals surface area contributed by atoms with E-state index in [4.69, 9.17) is 0 Å². The van der Waals surface area contributed by atoms with E-state index in [0.717, 1.165) is 18.6 Å². The summed E-state index contributed by atoms with van der Waals surface area (Å²) in [5.41, 5.74) is -0.159. The number of carbonyl (C=O) groups excluding carboxylic acids is 2. The van der Waals surface area contributed by atoms with Gasteiger partial charge in [-0.1, -0.05) is 19.1 Å². The maximum atomic E-state index is 12.6. The minimum atomic E-state index is -4.37. The van der Waals surface area contributed by atoms with E-state index >= 15 is 0 Å². The molecule has 0 spiro atoms. The monoisotopic (exact) mass is 371 g/mol. The molecule has 1 fully saturated rings. The van der Waals surface area contributed by atoms with Crippen molar-refractivity contribution in [3.05, 3.63) is 35.4 Å². The molecule has 0 aromatic heterocycles. The SMILES string of the molecule is CCCNC(=O)CN1CCN(C(=O)Cc2ccc(C(F)(F)F)cc2)CC1. The fourth-order valence-electron chi connectivity index (χ4n) is 2.78. The molecule has 5 nitrogen and oxygen atoms in total. The Balaban J connectivity index is 1.78. The molecule has 0 radical (unpaired) electrons. The summed E-state index contributed by atoms with van der Waals surface area (Å²) in [5, 5.41) is 2.82. The highest BCUT2D eigenvalue weighted by molar-refractivity contribution is 5.79. The van der Waals surface area contributed by atoms with Gasteiger partial charge in [0.05, 0.1) is 18.5 Å². The van der Waals surface area contributed by atoms with E-state index in [1.54, 1.807) is 4.90 Å². The van der Waals surface area contributed by atoms with Crippen molar-refractivity contribution in [1.29, 1.82) is 0 Å². The minimum Gasteiger partial charge on any atom is -0.355 e. The van der Waals surface area contributed by atoms with Gasteiger partial charge in [-0.15, -0.1) is 0 Å². The van der Waals surface area contributed by atoms with Crippen molar-refractivity contribution in [2.75, 3.05) is 39.3 Å². The van der Waals surface area contributed by atoms with Crippen LogP contribution in [0.4, 0.5) is 13.2 Å². The second kappa shape index (κ2) is 9.02. The van der Waals surface area contributed by atoms with Gasteiger partial charge in [0.25, 0.3) is 0 Å². The highest BCUT2D eigenvalue weighted by Gasteiger charge is 2.30. The lowest BCUT2D eigenvalue weighted by Gasteiger charge is -2.34. The summed E-state index contributed by atoms with van der Waals surface area (Å²) in [5.74, 6) is -0.128. The number of hydrogen-bond donors (Lipinski definition) is 1. The summed E-state index contributed by atoms with van der Waals surface area (Å²) in [7, 11) is 0. The second-order valence-electron chi connectivity index (χ2n) is 6.38. The fourth-order valence-corrected chi connectivity index (χ4v) is 2.78. The largest absolute Gasteiger partial charge is 0.416 e. The second-order valence-corrected chi connectivity index (χ2v) is 6.38. The maximum absolute atomic E-state index is 12.6. The van der Waals surface area contributed by atoms with E-state index in [2.05, 4.69) is 5.32 Å². The molecule has 1 aliphatic rings. The Labute approximate surface area is 151 Å². The van der Waals surface area contributed by atoms with Crippen molar-refractivity contribution >= 4 is 11.8 Å². The molecule has 1 heterocycles. The molecule has 0 saturated carbocycles. The summed E-state index contributed by atoms with van der Waals surface area (Å²) in [6.07, 6.45) is -3.41. The molecule has 0 aliphatic carbocycles. The van der Waals surface area contributed by atoms with Crippen molar-refractivity contribution in [1.82, 2.24) is 15.1 Å². The maximum Gasteiger partial charge on any atom is 0.416 e. The topological polar surface area (TPSA) is 52.7 Å². The van der Waals surface area contributed by atoms with Crippen LogP contribution in [0.1, 0.15) is 24.5 Å². The van der Waals surface area contributed by atoms with Gasteiger partial charge >= 0.3 is 6.18 Å². The van der Waals surface area contributed by atoms with E-state index in [0.29, 0.717) is 44.8 Å². The quantitative estimate of drug-likeness (QED) is 0.831. The third-order valence-electron chi connectivity index (χ3n) is 4.30. The molecule has 1 aromatic carbocycles. The lowest BCUT2D eigenvalue weighted by atomic mass is 10.1. The van der Waals surface area contributed by atoms with Gasteiger partial charge in [-0.3, -0.25) is 14.5 Å². The Morgan fingerprint density at radius 3 is 2.23 bits per heavy atom. The number of alkyl halides is 3. The molecule has 0 unspecified atom stereocenters. The molecule has 144 valence electrons. The Bertz CT molecular complexity index is 609. The van der Waals surface area contributed by atoms with Gasteiger partial charge in [0.15, 0.2) is 0 Å². The average Bonchev–Trinajstić information content (AvgIpc) is 2.60. The van der Waals surface area contributed by atoms with Crippen molar-refractivity contribution in [2.24, 2.45) is 0 Å². The van der Waals surface area contributed by atoms with E-state index in [9.17, 15) is 22.8 Å². The molecule has 1 saturated heterocycles. The first-order valence-corrected chi connectivity index (χ1v) is 8.72. The van der Waals surface area contributed by atoms with Crippen LogP contribution in [0.15, 0.2) is 24.3 Å². The van der Waals surface area contributed by atoms with Gasteiger partial charge in [-0.25, -0.2) is 0 Å². The number of nitrogens with zero attached hydrogens (tertiary/aromatic N) is 2. The van der Waals surface area contributed by atoms with Crippen molar-refractivity contribution in [2.45, 2.75) is 25.9 Å². The van der Waals surface area contributed by atoms with Crippen LogP contribution in [0, 0.1) is 0 Å². The zero-order chi connectivity index (χ0) is 19.2. The number of rotatable bonds is 6. The number of nitrogens with one attached hydrogen (secondary N) is 1. The number of hydrogen-bond acceptors (Lipinski definition) is 3. The summed E-state index contributed by atoms with van der Waals surface area (Å²) >= 11 is 0. The van der Waals surface area contributed by atoms with Crippen LogP contribution in [0.5, 0.6) is 0 Å². The Hall–Kier alpha value is -2.09. The van der Waals surface area contributed by atoms with Crippen LogP contribution < -0.4 is 5.32 Å². The highest BCUT2D eigenvalue weighted by atomic mass is 19.4. The molecule has 1 aliphatic heterocycles. The molecule has 0 atom stereocenters. The van der Waals surface area contributed by atoms with Gasteiger partial charge in [-0.05, 0) is 24.1 Å². The van der Waals surface area contributed by atoms with E-state index < -0.39 is 11.7 Å². The van der Waals surface area contributed by atoms with Crippen LogP contribution in [-0.4, -0.2) is 60.9 Å². The summed E-state index contributed by atoms with van der Waals surface area (Å²) in [6.45, 7) is 5.21. The first-order valence-electron chi connectivity index (χ1n) is 8.72. The molecule has 0 bridgehead atoms. The summed E-state index contributed by atoms with van der Waals surface area (Å²) < 4.78 is 37.7. The van der Waals surface area contributed by atoms with E-state index in [1.807, 2.05) is 11.8 Å². The molecular formula is C18H24F3N3O2. The van der Waals surface area contributed by atoms with Gasteiger partial charge in [0, 0.05) is 32.7 Å². The molecule has 1 N–H and O–H groups in total. The van der Waals surface area contributed by atoms with Crippen LogP contribution in [0.3, 0.4) is 0 Å². The Morgan fingerprint density at radius 2 is 1.69 bits per heavy atom. The Morgan fingerprint density at radius 1 is 1.08 bits per heavy atom. The Kier molecular flexibility index (Phi) is 7.02. The molecule has 2 amide bonds. The molecule has 2 rings (SSSR count). The van der Waals surface area contributed by atoms with E-state index in [1.165, 1.54) is 12.1 Å². The van der Waals surface area contributed by atoms with Crippen molar-refractivity contribution in [3.8, 4) is 0 Å². The molecule has 8 heteroatoms. The first kappa shape index (κ1) is 20.2. The molecule has 26 heavy (non-hydrogen) atoms. The number of benzene rings is 1. The zero-order valence-electron chi connectivity index (χ0n) is 14.8. The normalized spacial score (nSPS) is 15.8.